The van der Waals surface area contributed by atoms with Crippen LogP contribution in [0.5, 0.6) is 11.5 Å². The molecule has 0 atom stereocenters. The van der Waals surface area contributed by atoms with Crippen molar-refractivity contribution in [1.82, 2.24) is 14.3 Å². The van der Waals surface area contributed by atoms with Gasteiger partial charge in [-0.2, -0.15) is 0 Å². The summed E-state index contributed by atoms with van der Waals surface area (Å²) in [6.07, 6.45) is 4.71. The van der Waals surface area contributed by atoms with E-state index in [9.17, 15) is 8.42 Å². The first-order valence-corrected chi connectivity index (χ1v) is 10.8. The van der Waals surface area contributed by atoms with Gasteiger partial charge in [0, 0.05) is 31.0 Å². The minimum Gasteiger partial charge on any atom is -0.486 e. The number of rotatable bonds is 6. The van der Waals surface area contributed by atoms with E-state index in [1.54, 1.807) is 6.20 Å². The third kappa shape index (κ3) is 4.18. The van der Waals surface area contributed by atoms with E-state index in [0.29, 0.717) is 26.3 Å². The molecule has 0 bridgehead atoms. The number of fused-ring (bicyclic) bond motifs is 1. The van der Waals surface area contributed by atoms with Crippen LogP contribution in [-0.4, -0.2) is 44.0 Å². The van der Waals surface area contributed by atoms with Gasteiger partial charge in [0.15, 0.2) is 11.5 Å². The number of aromatic nitrogens is 2. The lowest BCUT2D eigenvalue weighted by Gasteiger charge is -2.19. The molecule has 3 aromatic rings. The predicted octanol–water partition coefficient (Wildman–Crippen LogP) is 2.54. The molecule has 1 aliphatic heterocycles. The fraction of sp³-hybridized carbons (Fsp3) is 0.250. The summed E-state index contributed by atoms with van der Waals surface area (Å²) in [5, 5.41) is 0. The number of benzene rings is 2. The summed E-state index contributed by atoms with van der Waals surface area (Å²) < 4.78 is 38.2. The van der Waals surface area contributed by atoms with Gasteiger partial charge in [-0.05, 0) is 29.3 Å². The summed E-state index contributed by atoms with van der Waals surface area (Å²) in [6, 6.07) is 14.0. The van der Waals surface area contributed by atoms with Crippen LogP contribution in [0.2, 0.25) is 0 Å². The van der Waals surface area contributed by atoms with Crippen molar-refractivity contribution in [2.45, 2.75) is 6.54 Å². The topological polar surface area (TPSA) is 82.5 Å². The average Bonchev–Trinajstić information content (AvgIpc) is 3.15. The number of hydrogen-bond acceptors (Lipinski definition) is 5. The van der Waals surface area contributed by atoms with Crippen molar-refractivity contribution >= 4 is 10.0 Å². The van der Waals surface area contributed by atoms with Crippen LogP contribution in [-0.2, 0) is 16.6 Å². The van der Waals surface area contributed by atoms with E-state index in [-0.39, 0.29) is 0 Å². The van der Waals surface area contributed by atoms with Crippen molar-refractivity contribution < 1.29 is 17.9 Å². The van der Waals surface area contributed by atoms with Gasteiger partial charge in [-0.1, -0.05) is 24.3 Å². The van der Waals surface area contributed by atoms with Crippen LogP contribution >= 0.6 is 0 Å². The second kappa shape index (κ2) is 7.65. The van der Waals surface area contributed by atoms with E-state index in [4.69, 9.17) is 9.47 Å². The lowest BCUT2D eigenvalue weighted by molar-refractivity contribution is 0.171. The molecule has 28 heavy (non-hydrogen) atoms. The molecule has 0 amide bonds. The molecule has 1 aliphatic rings. The third-order valence-corrected chi connectivity index (χ3v) is 5.16. The van der Waals surface area contributed by atoms with Crippen LogP contribution in [0.15, 0.2) is 54.9 Å². The molecular formula is C20H21N3O4S. The highest BCUT2D eigenvalue weighted by molar-refractivity contribution is 7.88. The Labute approximate surface area is 164 Å². The maximum absolute atomic E-state index is 11.3. The molecule has 1 aromatic heterocycles. The maximum atomic E-state index is 11.3. The normalized spacial score (nSPS) is 13.5. The Morgan fingerprint density at radius 3 is 2.61 bits per heavy atom. The van der Waals surface area contributed by atoms with E-state index in [1.165, 1.54) is 0 Å². The van der Waals surface area contributed by atoms with Crippen molar-refractivity contribution in [3.05, 3.63) is 54.9 Å². The number of nitrogens with zero attached hydrogens (tertiary/aromatic N) is 2. The van der Waals surface area contributed by atoms with Crippen LogP contribution in [0.25, 0.3) is 22.5 Å². The van der Waals surface area contributed by atoms with Crippen molar-refractivity contribution in [2.24, 2.45) is 0 Å². The second-order valence-corrected chi connectivity index (χ2v) is 8.38. The molecule has 2 aromatic carbocycles. The average molecular weight is 399 g/mol. The summed E-state index contributed by atoms with van der Waals surface area (Å²) in [5.41, 5.74) is 3.03. The number of ether oxygens (including phenoxy) is 2. The predicted molar refractivity (Wildman–Crippen MR) is 107 cm³/mol. The van der Waals surface area contributed by atoms with E-state index >= 15 is 0 Å². The summed E-state index contributed by atoms with van der Waals surface area (Å²) >= 11 is 0. The third-order valence-electron chi connectivity index (χ3n) is 4.43. The summed E-state index contributed by atoms with van der Waals surface area (Å²) in [7, 11) is -3.21. The van der Waals surface area contributed by atoms with Crippen LogP contribution in [0, 0.1) is 0 Å². The van der Waals surface area contributed by atoms with Gasteiger partial charge in [-0.15, -0.1) is 0 Å². The van der Waals surface area contributed by atoms with Gasteiger partial charge in [0.25, 0.3) is 0 Å². The Morgan fingerprint density at radius 1 is 1.04 bits per heavy atom. The fourth-order valence-electron chi connectivity index (χ4n) is 3.16. The minimum atomic E-state index is -3.21. The fourth-order valence-corrected chi connectivity index (χ4v) is 3.62. The molecule has 4 rings (SSSR count). The molecule has 0 fully saturated rings. The molecule has 0 spiro atoms. The van der Waals surface area contributed by atoms with Crippen molar-refractivity contribution in [2.75, 3.05) is 26.0 Å². The standard InChI is InChI=1S/C20H21N3O4S/c1-28(24,25)22-8-10-23-9-7-21-20(23)17-4-2-3-15(13-17)16-5-6-18-19(14-16)27-12-11-26-18/h2-7,9,13-14,22H,8,10-12H2,1H3. The summed E-state index contributed by atoms with van der Waals surface area (Å²) in [6.45, 7) is 1.93. The molecule has 7 nitrogen and oxygen atoms in total. The Bertz CT molecular complexity index is 1090. The van der Waals surface area contributed by atoms with Gasteiger partial charge in [0.05, 0.1) is 6.26 Å². The summed E-state index contributed by atoms with van der Waals surface area (Å²) in [4.78, 5) is 4.45. The molecule has 0 aliphatic carbocycles. The van der Waals surface area contributed by atoms with Gasteiger partial charge in [-0.3, -0.25) is 0 Å². The van der Waals surface area contributed by atoms with Gasteiger partial charge < -0.3 is 14.0 Å². The van der Waals surface area contributed by atoms with Gasteiger partial charge >= 0.3 is 0 Å². The van der Waals surface area contributed by atoms with E-state index < -0.39 is 10.0 Å². The zero-order valence-electron chi connectivity index (χ0n) is 15.5. The number of imidazole rings is 1. The first kappa shape index (κ1) is 18.5. The molecule has 1 N–H and O–H groups in total. The molecule has 0 radical (unpaired) electrons. The van der Waals surface area contributed by atoms with E-state index in [0.717, 1.165) is 40.3 Å². The first-order chi connectivity index (χ1) is 13.5. The largest absolute Gasteiger partial charge is 0.486 e. The lowest BCUT2D eigenvalue weighted by Crippen LogP contribution is -2.26. The lowest BCUT2D eigenvalue weighted by atomic mass is 10.0. The molecule has 0 saturated heterocycles. The zero-order valence-corrected chi connectivity index (χ0v) is 16.3. The smallest absolute Gasteiger partial charge is 0.208 e. The quantitative estimate of drug-likeness (QED) is 0.689. The maximum Gasteiger partial charge on any atom is 0.208 e. The van der Waals surface area contributed by atoms with E-state index in [2.05, 4.69) is 15.8 Å². The van der Waals surface area contributed by atoms with E-state index in [1.807, 2.05) is 47.2 Å². The minimum absolute atomic E-state index is 0.310. The van der Waals surface area contributed by atoms with Crippen molar-refractivity contribution in [3.63, 3.8) is 0 Å². The van der Waals surface area contributed by atoms with Gasteiger partial charge in [0.2, 0.25) is 10.0 Å². The molecule has 2 heterocycles. The Hall–Kier alpha value is -2.84. The SMILES string of the molecule is CS(=O)(=O)NCCn1ccnc1-c1cccc(-c2ccc3c(c2)OCCO3)c1. The number of sulfonamides is 1. The highest BCUT2D eigenvalue weighted by Crippen LogP contribution is 2.35. The summed E-state index contributed by atoms with van der Waals surface area (Å²) in [5.74, 6) is 2.30. The highest BCUT2D eigenvalue weighted by atomic mass is 32.2. The molecule has 0 saturated carbocycles. The Balaban J connectivity index is 1.59. The Kier molecular flexibility index (Phi) is 5.06. The van der Waals surface area contributed by atoms with Gasteiger partial charge in [-0.25, -0.2) is 18.1 Å². The van der Waals surface area contributed by atoms with Gasteiger partial charge in [0.1, 0.15) is 19.0 Å². The molecular weight excluding hydrogens is 378 g/mol. The number of hydrogen-bond donors (Lipinski definition) is 1. The van der Waals surface area contributed by atoms with Crippen LogP contribution < -0.4 is 14.2 Å². The molecule has 8 heteroatoms. The van der Waals surface area contributed by atoms with Crippen LogP contribution in [0.1, 0.15) is 0 Å². The molecule has 0 unspecified atom stereocenters. The zero-order chi connectivity index (χ0) is 19.6. The Morgan fingerprint density at radius 2 is 1.79 bits per heavy atom. The first-order valence-electron chi connectivity index (χ1n) is 8.96. The van der Waals surface area contributed by atoms with Crippen LogP contribution in [0.4, 0.5) is 0 Å². The molecule has 146 valence electrons. The van der Waals surface area contributed by atoms with Crippen molar-refractivity contribution in [1.29, 1.82) is 0 Å². The monoisotopic (exact) mass is 399 g/mol. The second-order valence-electron chi connectivity index (χ2n) is 6.55. The highest BCUT2D eigenvalue weighted by Gasteiger charge is 2.13. The van der Waals surface area contributed by atoms with Crippen LogP contribution in [0.3, 0.4) is 0 Å². The van der Waals surface area contributed by atoms with Crippen molar-refractivity contribution in [3.8, 4) is 34.0 Å². The number of nitrogens with one attached hydrogen (secondary N) is 1.